The maximum absolute atomic E-state index is 12.5. The molecule has 1 N–H and O–H groups in total. The minimum Gasteiger partial charge on any atom is -0.444 e. The average Bonchev–Trinajstić information content (AvgIpc) is 3.01. The second-order valence-corrected chi connectivity index (χ2v) is 12.4. The smallest absolute Gasteiger partial charge is 0.444 e. The maximum atomic E-state index is 12.5. The minimum absolute atomic E-state index is 0.221. The first kappa shape index (κ1) is 27.2. The van der Waals surface area contributed by atoms with Crippen LogP contribution in [0.3, 0.4) is 0 Å². The van der Waals surface area contributed by atoms with Crippen molar-refractivity contribution in [2.24, 2.45) is 0 Å². The first-order chi connectivity index (χ1) is 16.8. The van der Waals surface area contributed by atoms with Gasteiger partial charge >= 0.3 is 13.2 Å². The Labute approximate surface area is 217 Å². The number of anilines is 1. The number of hydrogen-bond donors (Lipinski definition) is 1. The highest BCUT2D eigenvalue weighted by Gasteiger charge is 2.52. The van der Waals surface area contributed by atoms with E-state index in [1.807, 2.05) is 25.7 Å². The van der Waals surface area contributed by atoms with Gasteiger partial charge in [-0.05, 0) is 78.0 Å². The predicted octanol–water partition coefficient (Wildman–Crippen LogP) is 2.76. The number of piperazine rings is 2. The Morgan fingerprint density at radius 3 is 2.14 bits per heavy atom. The van der Waals surface area contributed by atoms with Gasteiger partial charge in [0, 0.05) is 64.6 Å². The van der Waals surface area contributed by atoms with E-state index >= 15 is 0 Å². The van der Waals surface area contributed by atoms with Crippen LogP contribution in [-0.4, -0.2) is 92.2 Å². The third kappa shape index (κ3) is 6.01. The Morgan fingerprint density at radius 2 is 1.58 bits per heavy atom. The zero-order valence-electron chi connectivity index (χ0n) is 23.6. The molecule has 9 heteroatoms. The fourth-order valence-electron chi connectivity index (χ4n) is 4.99. The zero-order valence-corrected chi connectivity index (χ0v) is 23.6. The van der Waals surface area contributed by atoms with Crippen molar-refractivity contribution in [2.45, 2.75) is 78.7 Å². The van der Waals surface area contributed by atoms with E-state index in [0.29, 0.717) is 13.1 Å². The lowest BCUT2D eigenvalue weighted by Crippen LogP contribution is -2.49. The van der Waals surface area contributed by atoms with Crippen LogP contribution >= 0.6 is 0 Å². The lowest BCUT2D eigenvalue weighted by Gasteiger charge is -2.36. The monoisotopic (exact) mass is 500 g/mol. The number of amides is 1. The molecule has 3 aliphatic heterocycles. The number of rotatable bonds is 4. The lowest BCUT2D eigenvalue weighted by molar-refractivity contribution is 0.00578. The topological polar surface area (TPSA) is 66.5 Å². The molecule has 3 aliphatic rings. The van der Waals surface area contributed by atoms with Gasteiger partial charge in [0.05, 0.1) is 11.2 Å². The number of benzene rings is 1. The van der Waals surface area contributed by atoms with Crippen molar-refractivity contribution in [2.75, 3.05) is 57.3 Å². The van der Waals surface area contributed by atoms with Gasteiger partial charge in [0.1, 0.15) is 5.60 Å². The second kappa shape index (κ2) is 10.2. The van der Waals surface area contributed by atoms with Gasteiger partial charge in [0.25, 0.3) is 0 Å². The molecule has 0 aliphatic carbocycles. The Bertz CT molecular complexity index is 932. The summed E-state index contributed by atoms with van der Waals surface area (Å²) in [5, 5.41) is 3.46. The molecular formula is C27H45BN4O4. The van der Waals surface area contributed by atoms with Gasteiger partial charge in [0.2, 0.25) is 0 Å². The van der Waals surface area contributed by atoms with E-state index in [4.69, 9.17) is 14.0 Å². The van der Waals surface area contributed by atoms with Crippen molar-refractivity contribution in [1.29, 1.82) is 0 Å². The van der Waals surface area contributed by atoms with Gasteiger partial charge < -0.3 is 29.2 Å². The highest BCUT2D eigenvalue weighted by atomic mass is 16.7. The normalized spacial score (nSPS) is 22.7. The highest BCUT2D eigenvalue weighted by Crippen LogP contribution is 2.37. The van der Waals surface area contributed by atoms with Crippen molar-refractivity contribution in [3.8, 4) is 0 Å². The average molecular weight is 500 g/mol. The number of nitrogens with one attached hydrogen (secondary N) is 1. The van der Waals surface area contributed by atoms with Crippen LogP contribution in [0.4, 0.5) is 10.5 Å². The van der Waals surface area contributed by atoms with Crippen LogP contribution in [0.25, 0.3) is 0 Å². The van der Waals surface area contributed by atoms with Crippen LogP contribution < -0.4 is 15.7 Å². The maximum Gasteiger partial charge on any atom is 0.495 e. The summed E-state index contributed by atoms with van der Waals surface area (Å²) in [6, 6.07) is 4.61. The molecule has 1 amide bonds. The van der Waals surface area contributed by atoms with Gasteiger partial charge in [-0.25, -0.2) is 4.79 Å². The molecule has 36 heavy (non-hydrogen) atoms. The van der Waals surface area contributed by atoms with Crippen molar-refractivity contribution in [1.82, 2.24) is 15.1 Å². The van der Waals surface area contributed by atoms with E-state index in [9.17, 15) is 4.79 Å². The van der Waals surface area contributed by atoms with Gasteiger partial charge in [-0.1, -0.05) is 6.07 Å². The Kier molecular flexibility index (Phi) is 7.69. The summed E-state index contributed by atoms with van der Waals surface area (Å²) >= 11 is 0. The molecule has 0 radical (unpaired) electrons. The molecule has 0 atom stereocenters. The molecule has 3 heterocycles. The molecule has 1 aromatic carbocycles. The molecule has 1 aromatic rings. The SMILES string of the molecule is Cc1c(B2OC(C)(C)C(C)(C)O2)cc(CN2CCN(C(=O)OC(C)(C)C)CC2)cc1N1CCNCC1. The third-order valence-electron chi connectivity index (χ3n) is 7.88. The van der Waals surface area contributed by atoms with Gasteiger partial charge in [0.15, 0.2) is 0 Å². The van der Waals surface area contributed by atoms with Crippen LogP contribution in [0.2, 0.25) is 0 Å². The van der Waals surface area contributed by atoms with E-state index in [1.165, 1.54) is 16.8 Å². The van der Waals surface area contributed by atoms with E-state index in [1.54, 1.807) is 0 Å². The van der Waals surface area contributed by atoms with Gasteiger partial charge in [-0.2, -0.15) is 0 Å². The number of carbonyl (C=O) groups excluding carboxylic acids is 1. The molecule has 0 bridgehead atoms. The lowest BCUT2D eigenvalue weighted by atomic mass is 9.74. The third-order valence-corrected chi connectivity index (χ3v) is 7.88. The Balaban J connectivity index is 1.53. The number of carbonyl (C=O) groups is 1. The number of hydrogen-bond acceptors (Lipinski definition) is 7. The summed E-state index contributed by atoms with van der Waals surface area (Å²) in [4.78, 5) is 19.2. The van der Waals surface area contributed by atoms with Crippen molar-refractivity contribution in [3.63, 3.8) is 0 Å². The van der Waals surface area contributed by atoms with Crippen LogP contribution in [0, 0.1) is 6.92 Å². The van der Waals surface area contributed by atoms with Gasteiger partial charge in [-0.15, -0.1) is 0 Å². The van der Waals surface area contributed by atoms with Crippen LogP contribution in [0.1, 0.15) is 59.6 Å². The fourth-order valence-corrected chi connectivity index (χ4v) is 4.99. The molecule has 8 nitrogen and oxygen atoms in total. The fraction of sp³-hybridized carbons (Fsp3) is 0.741. The standard InChI is InChI=1S/C27H45BN4O4/c1-20-22(28-35-26(5,6)27(7,8)36-28)17-21(18-23(20)31-11-9-29-10-12-31)19-30-13-15-32(16-14-30)24(33)34-25(2,3)4/h17-18,29H,9-16,19H2,1-8H3. The van der Waals surface area contributed by atoms with Crippen LogP contribution in [-0.2, 0) is 20.6 Å². The zero-order chi connectivity index (χ0) is 26.3. The molecule has 0 saturated carbocycles. The van der Waals surface area contributed by atoms with Gasteiger partial charge in [-0.3, -0.25) is 4.90 Å². The molecule has 0 aromatic heterocycles. The summed E-state index contributed by atoms with van der Waals surface area (Å²) in [6.07, 6.45) is -0.221. The number of nitrogens with zero attached hydrogens (tertiary/aromatic N) is 3. The Hall–Kier alpha value is -1.81. The summed E-state index contributed by atoms with van der Waals surface area (Å²) in [5.41, 5.74) is 3.64. The molecular weight excluding hydrogens is 455 g/mol. The van der Waals surface area contributed by atoms with Crippen LogP contribution in [0.5, 0.6) is 0 Å². The van der Waals surface area contributed by atoms with Crippen molar-refractivity contribution >= 4 is 24.4 Å². The second-order valence-electron chi connectivity index (χ2n) is 12.4. The van der Waals surface area contributed by atoms with E-state index < -0.39 is 5.60 Å². The first-order valence-corrected chi connectivity index (χ1v) is 13.4. The van der Waals surface area contributed by atoms with Crippen LogP contribution in [0.15, 0.2) is 12.1 Å². The summed E-state index contributed by atoms with van der Waals surface area (Å²) in [5.74, 6) is 0. The number of ether oxygens (including phenoxy) is 1. The first-order valence-electron chi connectivity index (χ1n) is 13.4. The largest absolute Gasteiger partial charge is 0.495 e. The molecule has 3 fully saturated rings. The summed E-state index contributed by atoms with van der Waals surface area (Å²) in [6.45, 7) is 24.1. The molecule has 4 rings (SSSR count). The molecule has 0 spiro atoms. The van der Waals surface area contributed by atoms with Crippen molar-refractivity contribution in [3.05, 3.63) is 23.3 Å². The molecule has 200 valence electrons. The van der Waals surface area contributed by atoms with Crippen molar-refractivity contribution < 1.29 is 18.8 Å². The summed E-state index contributed by atoms with van der Waals surface area (Å²) in [7, 11) is -0.388. The minimum atomic E-state index is -0.472. The summed E-state index contributed by atoms with van der Waals surface area (Å²) < 4.78 is 18.5. The quantitative estimate of drug-likeness (QED) is 0.638. The predicted molar refractivity (Wildman–Crippen MR) is 145 cm³/mol. The van der Waals surface area contributed by atoms with E-state index in [0.717, 1.165) is 51.3 Å². The molecule has 3 saturated heterocycles. The Morgan fingerprint density at radius 1 is 1.00 bits per heavy atom. The molecule has 0 unspecified atom stereocenters. The van der Waals surface area contributed by atoms with E-state index in [2.05, 4.69) is 61.9 Å². The highest BCUT2D eigenvalue weighted by molar-refractivity contribution is 6.62. The van der Waals surface area contributed by atoms with E-state index in [-0.39, 0.29) is 24.4 Å².